The highest BCUT2D eigenvalue weighted by atomic mass is 15.1. The molecule has 1 saturated heterocycles. The fraction of sp³-hybridized carbons (Fsp3) is 1.00. The molecule has 2 nitrogen and oxygen atoms in total. The van der Waals surface area contributed by atoms with Gasteiger partial charge in [-0.1, -0.05) is 25.7 Å². The van der Waals surface area contributed by atoms with Crippen LogP contribution in [0.4, 0.5) is 0 Å². The summed E-state index contributed by atoms with van der Waals surface area (Å²) in [5.74, 6) is 2.14. The summed E-state index contributed by atoms with van der Waals surface area (Å²) in [6.07, 6.45) is 10.1. The fourth-order valence-corrected chi connectivity index (χ4v) is 3.39. The third-order valence-electron chi connectivity index (χ3n) is 4.38. The van der Waals surface area contributed by atoms with E-state index in [2.05, 4.69) is 4.90 Å². The Balaban J connectivity index is 1.67. The summed E-state index contributed by atoms with van der Waals surface area (Å²) in [5.41, 5.74) is 5.55. The van der Waals surface area contributed by atoms with Crippen LogP contribution >= 0.6 is 0 Å². The van der Waals surface area contributed by atoms with Crippen LogP contribution in [-0.4, -0.2) is 31.1 Å². The van der Waals surface area contributed by atoms with Gasteiger partial charge in [-0.05, 0) is 57.3 Å². The SMILES string of the molecule is NCCCN1CCC(C2CCCC2)CC1. The molecule has 0 unspecified atom stereocenters. The summed E-state index contributed by atoms with van der Waals surface area (Å²) < 4.78 is 0. The maximum atomic E-state index is 5.55. The van der Waals surface area contributed by atoms with Crippen LogP contribution in [0.5, 0.6) is 0 Å². The van der Waals surface area contributed by atoms with E-state index in [4.69, 9.17) is 5.73 Å². The van der Waals surface area contributed by atoms with Crippen molar-refractivity contribution in [2.75, 3.05) is 26.2 Å². The van der Waals surface area contributed by atoms with Crippen molar-refractivity contribution >= 4 is 0 Å². The Morgan fingerprint density at radius 2 is 1.53 bits per heavy atom. The van der Waals surface area contributed by atoms with Crippen LogP contribution in [0, 0.1) is 11.8 Å². The quantitative estimate of drug-likeness (QED) is 0.771. The maximum absolute atomic E-state index is 5.55. The van der Waals surface area contributed by atoms with Crippen molar-refractivity contribution in [3.05, 3.63) is 0 Å². The Bertz CT molecular complexity index is 167. The van der Waals surface area contributed by atoms with Gasteiger partial charge < -0.3 is 10.6 Å². The zero-order valence-corrected chi connectivity index (χ0v) is 9.96. The molecule has 0 aromatic heterocycles. The van der Waals surface area contributed by atoms with Gasteiger partial charge in [0.15, 0.2) is 0 Å². The third kappa shape index (κ3) is 3.18. The lowest BCUT2D eigenvalue weighted by atomic mass is 9.83. The molecule has 0 bridgehead atoms. The minimum atomic E-state index is 0.850. The summed E-state index contributed by atoms with van der Waals surface area (Å²) in [6.45, 7) is 4.75. The lowest BCUT2D eigenvalue weighted by Crippen LogP contribution is -2.36. The highest BCUT2D eigenvalue weighted by molar-refractivity contribution is 4.80. The molecule has 1 saturated carbocycles. The predicted molar refractivity (Wildman–Crippen MR) is 64.8 cm³/mol. The number of rotatable bonds is 4. The zero-order chi connectivity index (χ0) is 10.5. The summed E-state index contributed by atoms with van der Waals surface area (Å²) in [5, 5.41) is 0. The molecule has 0 spiro atoms. The molecule has 15 heavy (non-hydrogen) atoms. The number of hydrogen-bond acceptors (Lipinski definition) is 2. The molecule has 1 aliphatic carbocycles. The smallest absolute Gasteiger partial charge is 0.000671 e. The van der Waals surface area contributed by atoms with Crippen molar-refractivity contribution in [2.24, 2.45) is 17.6 Å². The predicted octanol–water partition coefficient (Wildman–Crippen LogP) is 2.24. The maximum Gasteiger partial charge on any atom is -0.000671 e. The summed E-state index contributed by atoms with van der Waals surface area (Å²) in [4.78, 5) is 2.61. The van der Waals surface area contributed by atoms with Crippen molar-refractivity contribution < 1.29 is 0 Å². The van der Waals surface area contributed by atoms with E-state index in [9.17, 15) is 0 Å². The van der Waals surface area contributed by atoms with E-state index < -0.39 is 0 Å². The van der Waals surface area contributed by atoms with Crippen molar-refractivity contribution in [3.63, 3.8) is 0 Å². The topological polar surface area (TPSA) is 29.3 Å². The van der Waals surface area contributed by atoms with Gasteiger partial charge in [0, 0.05) is 0 Å². The molecule has 88 valence electrons. The van der Waals surface area contributed by atoms with E-state index in [1.165, 1.54) is 64.6 Å². The van der Waals surface area contributed by atoms with E-state index >= 15 is 0 Å². The van der Waals surface area contributed by atoms with Gasteiger partial charge in [-0.2, -0.15) is 0 Å². The number of piperidine rings is 1. The first-order valence-corrected chi connectivity index (χ1v) is 6.82. The van der Waals surface area contributed by atoms with Gasteiger partial charge in [0.05, 0.1) is 0 Å². The summed E-state index contributed by atoms with van der Waals surface area (Å²) >= 11 is 0. The number of nitrogens with zero attached hydrogens (tertiary/aromatic N) is 1. The molecule has 0 aromatic rings. The van der Waals surface area contributed by atoms with E-state index in [-0.39, 0.29) is 0 Å². The first-order chi connectivity index (χ1) is 7.40. The Hall–Kier alpha value is -0.0800. The summed E-state index contributed by atoms with van der Waals surface area (Å²) in [6, 6.07) is 0. The fourth-order valence-electron chi connectivity index (χ4n) is 3.39. The number of likely N-dealkylation sites (tertiary alicyclic amines) is 1. The van der Waals surface area contributed by atoms with E-state index in [1.54, 1.807) is 0 Å². The molecule has 2 rings (SSSR count). The third-order valence-corrected chi connectivity index (χ3v) is 4.38. The number of hydrogen-bond donors (Lipinski definition) is 1. The largest absolute Gasteiger partial charge is 0.330 e. The van der Waals surface area contributed by atoms with Crippen LogP contribution in [0.2, 0.25) is 0 Å². The Morgan fingerprint density at radius 1 is 0.933 bits per heavy atom. The van der Waals surface area contributed by atoms with E-state index in [1.807, 2.05) is 0 Å². The second-order valence-electron chi connectivity index (χ2n) is 5.37. The highest BCUT2D eigenvalue weighted by Gasteiger charge is 2.28. The molecule has 0 aromatic carbocycles. The van der Waals surface area contributed by atoms with Gasteiger partial charge in [-0.25, -0.2) is 0 Å². The normalized spacial score (nSPS) is 26.2. The van der Waals surface area contributed by atoms with Crippen molar-refractivity contribution in [3.8, 4) is 0 Å². The molecular weight excluding hydrogens is 184 g/mol. The average Bonchev–Trinajstić information content (AvgIpc) is 2.80. The molecule has 2 fully saturated rings. The first kappa shape index (κ1) is 11.4. The number of nitrogens with two attached hydrogens (primary N) is 1. The second-order valence-corrected chi connectivity index (χ2v) is 5.37. The Kier molecular flexibility index (Phi) is 4.45. The lowest BCUT2D eigenvalue weighted by molar-refractivity contribution is 0.148. The molecule has 2 aliphatic rings. The molecule has 2 heteroatoms. The highest BCUT2D eigenvalue weighted by Crippen LogP contribution is 2.36. The van der Waals surface area contributed by atoms with Gasteiger partial charge in [-0.15, -0.1) is 0 Å². The minimum absolute atomic E-state index is 0.850. The van der Waals surface area contributed by atoms with Crippen LogP contribution < -0.4 is 5.73 Å². The van der Waals surface area contributed by atoms with E-state index in [0.717, 1.165) is 18.4 Å². The van der Waals surface area contributed by atoms with Crippen LogP contribution in [-0.2, 0) is 0 Å². The Morgan fingerprint density at radius 3 is 2.13 bits per heavy atom. The van der Waals surface area contributed by atoms with Gasteiger partial charge in [0.25, 0.3) is 0 Å². The first-order valence-electron chi connectivity index (χ1n) is 6.82. The summed E-state index contributed by atoms with van der Waals surface area (Å²) in [7, 11) is 0. The van der Waals surface area contributed by atoms with E-state index in [0.29, 0.717) is 0 Å². The average molecular weight is 210 g/mol. The molecular formula is C13H26N2. The van der Waals surface area contributed by atoms with Gasteiger partial charge in [0.1, 0.15) is 0 Å². The molecule has 2 N–H and O–H groups in total. The zero-order valence-electron chi connectivity index (χ0n) is 9.96. The van der Waals surface area contributed by atoms with Crippen molar-refractivity contribution in [1.29, 1.82) is 0 Å². The van der Waals surface area contributed by atoms with Crippen LogP contribution in [0.3, 0.4) is 0 Å². The van der Waals surface area contributed by atoms with Crippen molar-refractivity contribution in [1.82, 2.24) is 4.90 Å². The standard InChI is InChI=1S/C13H26N2/c14-8-3-9-15-10-6-13(7-11-15)12-4-1-2-5-12/h12-13H,1-11,14H2. The van der Waals surface area contributed by atoms with Gasteiger partial charge in [-0.3, -0.25) is 0 Å². The molecule has 0 amide bonds. The second kappa shape index (κ2) is 5.86. The molecule has 1 aliphatic heterocycles. The van der Waals surface area contributed by atoms with Crippen LogP contribution in [0.1, 0.15) is 44.9 Å². The van der Waals surface area contributed by atoms with Crippen molar-refractivity contribution in [2.45, 2.75) is 44.9 Å². The Labute approximate surface area is 94.2 Å². The molecule has 1 heterocycles. The van der Waals surface area contributed by atoms with Crippen LogP contribution in [0.15, 0.2) is 0 Å². The van der Waals surface area contributed by atoms with Gasteiger partial charge >= 0.3 is 0 Å². The van der Waals surface area contributed by atoms with Crippen LogP contribution in [0.25, 0.3) is 0 Å². The monoisotopic (exact) mass is 210 g/mol. The molecule has 0 radical (unpaired) electrons. The minimum Gasteiger partial charge on any atom is -0.330 e. The van der Waals surface area contributed by atoms with Gasteiger partial charge in [0.2, 0.25) is 0 Å². The molecule has 0 atom stereocenters. The lowest BCUT2D eigenvalue weighted by Gasteiger charge is -2.34.